The Kier molecular flexibility index (Phi) is 4.74. The summed E-state index contributed by atoms with van der Waals surface area (Å²) in [6, 6.07) is 13.3. The van der Waals surface area contributed by atoms with Crippen molar-refractivity contribution in [2.24, 2.45) is 5.73 Å². The molecule has 4 rings (SSSR count). The Balaban J connectivity index is 1.74. The van der Waals surface area contributed by atoms with Gasteiger partial charge >= 0.3 is 5.97 Å². The smallest absolute Gasteiger partial charge is 0.353 e. The Labute approximate surface area is 168 Å². The summed E-state index contributed by atoms with van der Waals surface area (Å²) in [4.78, 5) is 12.6. The third kappa shape index (κ3) is 3.44. The van der Waals surface area contributed by atoms with Crippen LogP contribution in [0.15, 0.2) is 65.4 Å². The van der Waals surface area contributed by atoms with Crippen molar-refractivity contribution in [1.82, 2.24) is 0 Å². The van der Waals surface area contributed by atoms with Gasteiger partial charge in [0.1, 0.15) is 28.0 Å². The van der Waals surface area contributed by atoms with Crippen LogP contribution in [0, 0.1) is 23.0 Å². The maximum Gasteiger partial charge on any atom is 0.353 e. The van der Waals surface area contributed by atoms with Crippen LogP contribution in [-0.2, 0) is 0 Å². The first-order valence-electron chi connectivity index (χ1n) is 8.40. The van der Waals surface area contributed by atoms with Crippen LogP contribution in [0.4, 0.5) is 8.78 Å². The summed E-state index contributed by atoms with van der Waals surface area (Å²) in [7, 11) is 0. The first-order chi connectivity index (χ1) is 14.0. The zero-order valence-electron chi connectivity index (χ0n) is 14.7. The number of nitrogens with zero attached hydrogens (tertiary/aromatic N) is 1. The van der Waals surface area contributed by atoms with Gasteiger partial charge in [0.15, 0.2) is 11.6 Å². The van der Waals surface area contributed by atoms with Gasteiger partial charge < -0.3 is 15.2 Å². The van der Waals surface area contributed by atoms with E-state index >= 15 is 0 Å². The van der Waals surface area contributed by atoms with Crippen molar-refractivity contribution in [3.8, 4) is 17.6 Å². The first kappa shape index (κ1) is 18.7. The van der Waals surface area contributed by atoms with Crippen molar-refractivity contribution in [1.29, 1.82) is 5.26 Å². The van der Waals surface area contributed by atoms with Gasteiger partial charge in [-0.25, -0.2) is 13.6 Å². The monoisotopic (exact) mass is 410 g/mol. The van der Waals surface area contributed by atoms with Gasteiger partial charge in [0.05, 0.1) is 5.92 Å². The molecule has 1 aliphatic rings. The summed E-state index contributed by atoms with van der Waals surface area (Å²) in [5, 5.41) is 11.3. The summed E-state index contributed by atoms with van der Waals surface area (Å²) in [5.41, 5.74) is 6.82. The summed E-state index contributed by atoms with van der Waals surface area (Å²) >= 11 is 1.25. The third-order valence-corrected chi connectivity index (χ3v) is 5.25. The maximum absolute atomic E-state index is 13.8. The van der Waals surface area contributed by atoms with E-state index in [1.165, 1.54) is 29.5 Å². The number of esters is 1. The highest BCUT2D eigenvalue weighted by Crippen LogP contribution is 2.43. The van der Waals surface area contributed by atoms with E-state index in [9.17, 15) is 18.8 Å². The Hall–Kier alpha value is -3.70. The number of thiophene rings is 1. The fraction of sp³-hybridized carbons (Fsp3) is 0.0476. The van der Waals surface area contributed by atoms with Crippen LogP contribution in [0.1, 0.15) is 26.7 Å². The highest BCUT2D eigenvalue weighted by Gasteiger charge is 2.31. The third-order valence-electron chi connectivity index (χ3n) is 4.40. The molecule has 8 heteroatoms. The van der Waals surface area contributed by atoms with Crippen LogP contribution in [0.5, 0.6) is 11.5 Å². The quantitative estimate of drug-likeness (QED) is 0.509. The molecule has 0 aliphatic carbocycles. The Morgan fingerprint density at radius 3 is 2.69 bits per heavy atom. The molecule has 3 aromatic rings. The molecule has 29 heavy (non-hydrogen) atoms. The fourth-order valence-corrected chi connectivity index (χ4v) is 3.68. The molecule has 0 saturated heterocycles. The van der Waals surface area contributed by atoms with E-state index in [0.29, 0.717) is 16.0 Å². The minimum Gasteiger partial charge on any atom is -0.440 e. The average molecular weight is 410 g/mol. The molecule has 5 nitrogen and oxygen atoms in total. The number of ether oxygens (including phenoxy) is 2. The molecular formula is C21H12F2N2O3S. The number of fused-ring (bicyclic) bond motifs is 1. The summed E-state index contributed by atoms with van der Waals surface area (Å²) in [6.07, 6.45) is 0. The molecule has 1 aliphatic heterocycles. The van der Waals surface area contributed by atoms with E-state index < -0.39 is 23.5 Å². The molecule has 2 heterocycles. The lowest BCUT2D eigenvalue weighted by Gasteiger charge is -2.26. The van der Waals surface area contributed by atoms with E-state index in [4.69, 9.17) is 15.2 Å². The van der Waals surface area contributed by atoms with Gasteiger partial charge in [-0.2, -0.15) is 5.26 Å². The lowest BCUT2D eigenvalue weighted by Crippen LogP contribution is -2.21. The lowest BCUT2D eigenvalue weighted by molar-refractivity contribution is 0.0739. The van der Waals surface area contributed by atoms with Crippen molar-refractivity contribution in [2.75, 3.05) is 0 Å². The number of benzene rings is 2. The number of allylic oxidation sites excluding steroid dienone is 1. The predicted octanol–water partition coefficient (Wildman–Crippen LogP) is 4.46. The Morgan fingerprint density at radius 1 is 1.17 bits per heavy atom. The second-order valence-corrected chi connectivity index (χ2v) is 7.11. The summed E-state index contributed by atoms with van der Waals surface area (Å²) < 4.78 is 38.0. The van der Waals surface area contributed by atoms with Crippen molar-refractivity contribution in [2.45, 2.75) is 5.92 Å². The molecule has 144 valence electrons. The van der Waals surface area contributed by atoms with Gasteiger partial charge in [0, 0.05) is 11.6 Å². The van der Waals surface area contributed by atoms with E-state index in [0.717, 1.165) is 12.1 Å². The van der Waals surface area contributed by atoms with Crippen LogP contribution in [0.25, 0.3) is 0 Å². The van der Waals surface area contributed by atoms with Crippen LogP contribution >= 0.6 is 11.3 Å². The van der Waals surface area contributed by atoms with Crippen molar-refractivity contribution in [3.05, 3.63) is 93.0 Å². The number of halogens is 2. The van der Waals surface area contributed by atoms with Gasteiger partial charge in [-0.05, 0) is 35.2 Å². The van der Waals surface area contributed by atoms with Gasteiger partial charge in [-0.1, -0.05) is 18.2 Å². The molecular weight excluding hydrogens is 398 g/mol. The van der Waals surface area contributed by atoms with Crippen molar-refractivity contribution >= 4 is 17.3 Å². The van der Waals surface area contributed by atoms with E-state index in [1.54, 1.807) is 23.6 Å². The minimum absolute atomic E-state index is 0.0758. The first-order valence-corrected chi connectivity index (χ1v) is 9.28. The largest absolute Gasteiger partial charge is 0.440 e. The molecule has 2 N–H and O–H groups in total. The van der Waals surface area contributed by atoms with Gasteiger partial charge in [0.2, 0.25) is 5.88 Å². The topological polar surface area (TPSA) is 85.3 Å². The van der Waals surface area contributed by atoms with Crippen LogP contribution in [0.3, 0.4) is 0 Å². The number of nitrogens with two attached hydrogens (primary N) is 1. The average Bonchev–Trinajstić information content (AvgIpc) is 3.24. The van der Waals surface area contributed by atoms with Gasteiger partial charge in [-0.15, -0.1) is 11.3 Å². The van der Waals surface area contributed by atoms with E-state index in [1.807, 2.05) is 6.07 Å². The normalized spacial score (nSPS) is 15.3. The van der Waals surface area contributed by atoms with Crippen molar-refractivity contribution < 1.29 is 23.0 Å². The summed E-state index contributed by atoms with van der Waals surface area (Å²) in [5.74, 6) is -2.97. The zero-order chi connectivity index (χ0) is 20.5. The molecule has 0 bridgehead atoms. The molecule has 0 radical (unpaired) electrons. The molecule has 2 aromatic carbocycles. The predicted molar refractivity (Wildman–Crippen MR) is 101 cm³/mol. The number of hydrogen-bond donors (Lipinski definition) is 1. The maximum atomic E-state index is 13.8. The number of carbonyl (C=O) groups is 1. The van der Waals surface area contributed by atoms with Crippen molar-refractivity contribution in [3.63, 3.8) is 0 Å². The number of nitriles is 1. The van der Waals surface area contributed by atoms with Crippen LogP contribution in [-0.4, -0.2) is 5.97 Å². The van der Waals surface area contributed by atoms with Gasteiger partial charge in [-0.3, -0.25) is 0 Å². The second kappa shape index (κ2) is 7.37. The van der Waals surface area contributed by atoms with E-state index in [-0.39, 0.29) is 23.0 Å². The molecule has 0 saturated carbocycles. The zero-order valence-corrected chi connectivity index (χ0v) is 15.5. The van der Waals surface area contributed by atoms with Crippen LogP contribution < -0.4 is 15.2 Å². The highest BCUT2D eigenvalue weighted by molar-refractivity contribution is 7.12. The van der Waals surface area contributed by atoms with Crippen LogP contribution in [0.2, 0.25) is 0 Å². The molecule has 0 fully saturated rings. The summed E-state index contributed by atoms with van der Waals surface area (Å²) in [6.45, 7) is 0. The molecule has 0 spiro atoms. The standard InChI is InChI=1S/C21H12F2N2O3S/c22-15-6-3-11(8-16(15)23)19-13-5-4-12(27-21(26)18-2-1-7-29-18)9-17(13)28-20(25)14(19)10-24/h1-9,19H,25H2. The SMILES string of the molecule is N#CC1=C(N)Oc2cc(OC(=O)c3cccs3)ccc2C1c1ccc(F)c(F)c1. The molecule has 1 unspecified atom stereocenters. The molecule has 1 aromatic heterocycles. The lowest BCUT2D eigenvalue weighted by atomic mass is 9.83. The number of hydrogen-bond acceptors (Lipinski definition) is 6. The molecule has 1 atom stereocenters. The minimum atomic E-state index is -1.03. The Bertz CT molecular complexity index is 1180. The highest BCUT2D eigenvalue weighted by atomic mass is 32.1. The second-order valence-electron chi connectivity index (χ2n) is 6.16. The van der Waals surface area contributed by atoms with Gasteiger partial charge in [0.25, 0.3) is 0 Å². The number of rotatable bonds is 3. The van der Waals surface area contributed by atoms with E-state index in [2.05, 4.69) is 0 Å². The molecule has 0 amide bonds. The Morgan fingerprint density at radius 2 is 2.00 bits per heavy atom. The number of carbonyl (C=O) groups excluding carboxylic acids is 1. The fourth-order valence-electron chi connectivity index (χ4n) is 3.09.